The van der Waals surface area contributed by atoms with E-state index in [2.05, 4.69) is 5.32 Å². The molecule has 2 amide bonds. The second kappa shape index (κ2) is 15.5. The molecule has 0 fully saturated rings. The molecule has 222 valence electrons. The van der Waals surface area contributed by atoms with E-state index in [9.17, 15) is 40.2 Å². The highest BCUT2D eigenvalue weighted by Crippen LogP contribution is 2.22. The predicted molar refractivity (Wildman–Crippen MR) is 145 cm³/mol. The van der Waals surface area contributed by atoms with Crippen LogP contribution in [0.1, 0.15) is 31.9 Å². The first-order chi connectivity index (χ1) is 18.8. The summed E-state index contributed by atoms with van der Waals surface area (Å²) in [4.78, 5) is 26.0. The van der Waals surface area contributed by atoms with Crippen LogP contribution in [0.25, 0.3) is 0 Å². The molecule has 2 aromatic rings. The summed E-state index contributed by atoms with van der Waals surface area (Å²) >= 11 is 0. The Morgan fingerprint density at radius 2 is 1.25 bits per heavy atom. The van der Waals surface area contributed by atoms with Gasteiger partial charge in [-0.1, -0.05) is 60.7 Å². The topological polar surface area (TPSA) is 180 Å². The highest BCUT2D eigenvalue weighted by molar-refractivity contribution is 5.64. The number of nitrogens with one attached hydrogen (secondary N) is 1. The van der Waals surface area contributed by atoms with E-state index >= 15 is 0 Å². The molecular weight excluding hydrogens is 518 g/mol. The van der Waals surface area contributed by atoms with Crippen molar-refractivity contribution in [3.63, 3.8) is 0 Å². The number of carbonyl (C=O) groups is 2. The zero-order chi connectivity index (χ0) is 29.9. The number of benzene rings is 2. The molecule has 0 aliphatic heterocycles. The summed E-state index contributed by atoms with van der Waals surface area (Å²) in [7, 11) is 0. The number of amides is 2. The SMILES string of the molecule is CC(C)(C)N(C(=O)[O-])[C@@H](Cc1ccccc1)[C@H](O)CNC[C@@H](O)[C@H](Cc1ccccc1)N(C[C@@H](O)CO)C(=O)[O-]. The minimum Gasteiger partial charge on any atom is -0.530 e. The minimum atomic E-state index is -1.62. The third-order valence-electron chi connectivity index (χ3n) is 6.67. The van der Waals surface area contributed by atoms with E-state index in [0.717, 1.165) is 20.9 Å². The monoisotopic (exact) mass is 559 g/mol. The van der Waals surface area contributed by atoms with Crippen molar-refractivity contribution >= 4 is 12.2 Å². The zero-order valence-corrected chi connectivity index (χ0v) is 23.2. The molecule has 0 heterocycles. The maximum Gasteiger partial charge on any atom is 0.137 e. The fourth-order valence-corrected chi connectivity index (χ4v) is 4.75. The lowest BCUT2D eigenvalue weighted by Crippen LogP contribution is -2.62. The Bertz CT molecular complexity index is 1030. The van der Waals surface area contributed by atoms with Crippen molar-refractivity contribution in [1.82, 2.24) is 15.1 Å². The normalized spacial score (nSPS) is 15.5. The Morgan fingerprint density at radius 1 is 0.800 bits per heavy atom. The molecule has 0 aromatic heterocycles. The van der Waals surface area contributed by atoms with Crippen LogP contribution in [0.5, 0.6) is 0 Å². The Kier molecular flexibility index (Phi) is 12.8. The van der Waals surface area contributed by atoms with Crippen LogP contribution in [0.2, 0.25) is 0 Å². The van der Waals surface area contributed by atoms with Crippen LogP contribution in [-0.4, -0.2) is 105 Å². The van der Waals surface area contributed by atoms with Crippen molar-refractivity contribution < 1.29 is 40.2 Å². The van der Waals surface area contributed by atoms with Gasteiger partial charge in [0.2, 0.25) is 0 Å². The Hall–Kier alpha value is -3.22. The van der Waals surface area contributed by atoms with Crippen molar-refractivity contribution in [3.05, 3.63) is 71.8 Å². The molecule has 11 heteroatoms. The van der Waals surface area contributed by atoms with Gasteiger partial charge in [-0.05, 0) is 44.7 Å². The van der Waals surface area contributed by atoms with Crippen LogP contribution >= 0.6 is 0 Å². The van der Waals surface area contributed by atoms with E-state index in [-0.39, 0.29) is 25.9 Å². The third-order valence-corrected chi connectivity index (χ3v) is 6.67. The van der Waals surface area contributed by atoms with Crippen LogP contribution < -0.4 is 15.5 Å². The molecule has 0 saturated carbocycles. The second-order valence-corrected chi connectivity index (χ2v) is 10.9. The number of carbonyl (C=O) groups excluding carboxylic acids is 2. The van der Waals surface area contributed by atoms with E-state index in [1.165, 1.54) is 0 Å². The minimum absolute atomic E-state index is 0.0947. The molecule has 5 N–H and O–H groups in total. The zero-order valence-electron chi connectivity index (χ0n) is 23.2. The smallest absolute Gasteiger partial charge is 0.137 e. The molecule has 40 heavy (non-hydrogen) atoms. The predicted octanol–water partition coefficient (Wildman–Crippen LogP) is -1.04. The molecular formula is C29H41N3O8-2. The van der Waals surface area contributed by atoms with Gasteiger partial charge in [-0.15, -0.1) is 0 Å². The highest BCUT2D eigenvalue weighted by atomic mass is 16.4. The van der Waals surface area contributed by atoms with Gasteiger partial charge < -0.3 is 55.3 Å². The summed E-state index contributed by atoms with van der Waals surface area (Å²) in [6.07, 6.45) is -6.62. The van der Waals surface area contributed by atoms with Crippen molar-refractivity contribution in [1.29, 1.82) is 0 Å². The Labute approximate surface area is 235 Å². The van der Waals surface area contributed by atoms with E-state index in [1.54, 1.807) is 51.1 Å². The summed E-state index contributed by atoms with van der Waals surface area (Å²) in [6, 6.07) is 16.1. The van der Waals surface area contributed by atoms with Crippen LogP contribution in [0.3, 0.4) is 0 Å². The average Bonchev–Trinajstić information content (AvgIpc) is 2.90. The fraction of sp³-hybridized carbons (Fsp3) is 0.517. The summed E-state index contributed by atoms with van der Waals surface area (Å²) in [5.41, 5.74) is 0.674. The van der Waals surface area contributed by atoms with Crippen LogP contribution in [0, 0.1) is 0 Å². The second-order valence-electron chi connectivity index (χ2n) is 10.9. The number of nitrogens with zero attached hydrogens (tertiary/aromatic N) is 2. The summed E-state index contributed by atoms with van der Waals surface area (Å²) in [6.45, 7) is 3.69. The van der Waals surface area contributed by atoms with Gasteiger partial charge in [-0.2, -0.15) is 0 Å². The molecule has 0 aliphatic rings. The van der Waals surface area contributed by atoms with Gasteiger partial charge in [0.05, 0.1) is 37.0 Å². The molecule has 0 saturated heterocycles. The lowest BCUT2D eigenvalue weighted by molar-refractivity contribution is -0.275. The lowest BCUT2D eigenvalue weighted by atomic mass is 9.94. The summed E-state index contributed by atoms with van der Waals surface area (Å²) in [5.74, 6) is 0. The van der Waals surface area contributed by atoms with Gasteiger partial charge in [0, 0.05) is 25.2 Å². The third kappa shape index (κ3) is 10.1. The first kappa shape index (κ1) is 33.0. The maximum atomic E-state index is 12.1. The fourth-order valence-electron chi connectivity index (χ4n) is 4.75. The van der Waals surface area contributed by atoms with Crippen molar-refractivity contribution in [2.45, 2.75) is 69.5 Å². The summed E-state index contributed by atoms with van der Waals surface area (Å²) in [5, 5.41) is 68.3. The quantitative estimate of drug-likeness (QED) is 0.182. The molecule has 2 rings (SSSR count). The van der Waals surface area contributed by atoms with E-state index < -0.39 is 61.3 Å². The largest absolute Gasteiger partial charge is 0.530 e. The molecule has 0 unspecified atom stereocenters. The van der Waals surface area contributed by atoms with E-state index in [4.69, 9.17) is 0 Å². The molecule has 11 nitrogen and oxygen atoms in total. The van der Waals surface area contributed by atoms with Gasteiger partial charge in [0.15, 0.2) is 0 Å². The Morgan fingerprint density at radius 3 is 1.65 bits per heavy atom. The molecule has 0 aliphatic carbocycles. The van der Waals surface area contributed by atoms with E-state index in [0.29, 0.717) is 0 Å². The molecule has 2 aromatic carbocycles. The molecule has 0 bridgehead atoms. The van der Waals surface area contributed by atoms with Crippen molar-refractivity contribution in [2.75, 3.05) is 26.2 Å². The first-order valence-corrected chi connectivity index (χ1v) is 13.3. The maximum absolute atomic E-state index is 12.1. The van der Waals surface area contributed by atoms with Gasteiger partial charge in [-0.25, -0.2) is 0 Å². The highest BCUT2D eigenvalue weighted by Gasteiger charge is 2.34. The van der Waals surface area contributed by atoms with E-state index in [1.807, 2.05) is 30.3 Å². The van der Waals surface area contributed by atoms with Gasteiger partial charge in [-0.3, -0.25) is 0 Å². The number of rotatable bonds is 15. The standard InChI is InChI=1S/C29H43N3O8/c1-29(2,3)32(28(39)40)24(15-21-12-8-5-9-13-21)26(36)17-30-16-25(35)23(14-20-10-6-4-7-11-20)31(27(37)38)18-22(34)19-33/h4-13,22-26,30,33-36H,14-19H2,1-3H3,(H,37,38)(H,39,40)/p-2/t22-,23+,24+,25-,26-/m1/s1. The van der Waals surface area contributed by atoms with Crippen LogP contribution in [0.4, 0.5) is 9.59 Å². The molecule has 0 spiro atoms. The van der Waals surface area contributed by atoms with Gasteiger partial charge in [0.1, 0.15) is 12.2 Å². The van der Waals surface area contributed by atoms with Crippen LogP contribution in [0.15, 0.2) is 60.7 Å². The number of aliphatic hydroxyl groups is 4. The number of carboxylic acid groups (broad SMARTS) is 2. The molecule has 5 atom stereocenters. The van der Waals surface area contributed by atoms with Crippen molar-refractivity contribution in [3.8, 4) is 0 Å². The molecule has 0 radical (unpaired) electrons. The van der Waals surface area contributed by atoms with Crippen molar-refractivity contribution in [2.24, 2.45) is 0 Å². The first-order valence-electron chi connectivity index (χ1n) is 13.3. The lowest BCUT2D eigenvalue weighted by Gasteiger charge is -2.45. The number of hydrogen-bond donors (Lipinski definition) is 5. The number of aliphatic hydroxyl groups excluding tert-OH is 4. The number of hydrogen-bond acceptors (Lipinski definition) is 9. The van der Waals surface area contributed by atoms with Crippen LogP contribution in [-0.2, 0) is 12.8 Å². The van der Waals surface area contributed by atoms with Gasteiger partial charge >= 0.3 is 0 Å². The Balaban J connectivity index is 2.21. The summed E-state index contributed by atoms with van der Waals surface area (Å²) < 4.78 is 0. The average molecular weight is 560 g/mol. The van der Waals surface area contributed by atoms with Gasteiger partial charge in [0.25, 0.3) is 0 Å².